The lowest BCUT2D eigenvalue weighted by Gasteiger charge is -2.10. The molecule has 0 saturated carbocycles. The number of aromatic nitrogens is 1. The van der Waals surface area contributed by atoms with Crippen LogP contribution in [0.25, 0.3) is 0 Å². The predicted molar refractivity (Wildman–Crippen MR) is 76.9 cm³/mol. The Balaban J connectivity index is 2.40. The molecule has 0 fully saturated rings. The molecule has 0 amide bonds. The second kappa shape index (κ2) is 5.14. The third-order valence-electron chi connectivity index (χ3n) is 2.78. The Labute approximate surface area is 111 Å². The van der Waals surface area contributed by atoms with Crippen LogP contribution in [0.15, 0.2) is 47.4 Å². The first kappa shape index (κ1) is 12.5. The zero-order valence-corrected chi connectivity index (χ0v) is 10.9. The number of nitrogens with zero attached hydrogens (tertiary/aromatic N) is 1. The molecule has 1 aromatic heterocycles. The Bertz CT molecular complexity index is 646. The number of hydrogen-bond donors (Lipinski definition) is 1. The van der Waals surface area contributed by atoms with Gasteiger partial charge in [-0.05, 0) is 24.1 Å². The van der Waals surface area contributed by atoms with Crippen molar-refractivity contribution < 1.29 is 0 Å². The third-order valence-corrected chi connectivity index (χ3v) is 3.00. The van der Waals surface area contributed by atoms with E-state index in [-0.39, 0.29) is 5.56 Å². The molecule has 0 bridgehead atoms. The van der Waals surface area contributed by atoms with Gasteiger partial charge < -0.3 is 10.3 Å². The quantitative estimate of drug-likeness (QED) is 0.855. The molecule has 92 valence electrons. The summed E-state index contributed by atoms with van der Waals surface area (Å²) in [4.78, 5) is 12.2. The van der Waals surface area contributed by atoms with Crippen molar-refractivity contribution in [1.82, 2.24) is 4.57 Å². The normalized spacial score (nSPS) is 10.3. The highest BCUT2D eigenvalue weighted by Gasteiger charge is 2.05. The van der Waals surface area contributed by atoms with Crippen LogP contribution in [0.3, 0.4) is 0 Å². The van der Waals surface area contributed by atoms with Crippen LogP contribution < -0.4 is 11.3 Å². The van der Waals surface area contributed by atoms with Crippen molar-refractivity contribution in [3.8, 4) is 0 Å². The van der Waals surface area contributed by atoms with Crippen LogP contribution in [-0.2, 0) is 6.54 Å². The molecule has 0 aliphatic rings. The second-order valence-corrected chi connectivity index (χ2v) is 4.63. The first-order valence-electron chi connectivity index (χ1n) is 5.63. The maximum Gasteiger partial charge on any atom is 0.251 e. The molecule has 2 N–H and O–H groups in total. The average Bonchev–Trinajstić information content (AvgIpc) is 2.33. The lowest BCUT2D eigenvalue weighted by Crippen LogP contribution is -2.21. The number of pyridine rings is 1. The Morgan fingerprint density at radius 1 is 1.33 bits per heavy atom. The van der Waals surface area contributed by atoms with E-state index in [0.29, 0.717) is 11.5 Å². The Morgan fingerprint density at radius 2 is 2.06 bits per heavy atom. The molecular weight excluding hydrogens is 244 g/mol. The maximum absolute atomic E-state index is 11.8. The highest BCUT2D eigenvalue weighted by atomic mass is 32.1. The molecule has 1 aromatic carbocycles. The summed E-state index contributed by atoms with van der Waals surface area (Å²) >= 11 is 5.01. The summed E-state index contributed by atoms with van der Waals surface area (Å²) in [6.45, 7) is 2.38. The fourth-order valence-corrected chi connectivity index (χ4v) is 2.02. The van der Waals surface area contributed by atoms with Crippen LogP contribution >= 0.6 is 12.2 Å². The van der Waals surface area contributed by atoms with E-state index in [1.54, 1.807) is 16.8 Å². The molecule has 18 heavy (non-hydrogen) atoms. The molecular formula is C14H14N2OS. The minimum Gasteiger partial charge on any atom is -0.389 e. The third kappa shape index (κ3) is 2.65. The van der Waals surface area contributed by atoms with Gasteiger partial charge in [-0.1, -0.05) is 36.5 Å². The van der Waals surface area contributed by atoms with E-state index in [0.717, 1.165) is 16.7 Å². The molecule has 0 radical (unpaired) electrons. The zero-order chi connectivity index (χ0) is 13.1. The van der Waals surface area contributed by atoms with Crippen molar-refractivity contribution in [3.05, 3.63) is 69.6 Å². The summed E-state index contributed by atoms with van der Waals surface area (Å²) in [5, 5.41) is 0. The number of hydrogen-bond acceptors (Lipinski definition) is 2. The van der Waals surface area contributed by atoms with Gasteiger partial charge in [-0.15, -0.1) is 0 Å². The topological polar surface area (TPSA) is 48.0 Å². The molecule has 0 aliphatic carbocycles. The molecule has 2 rings (SSSR count). The van der Waals surface area contributed by atoms with Crippen LogP contribution in [0.1, 0.15) is 16.7 Å². The minimum atomic E-state index is -0.0206. The highest BCUT2D eigenvalue weighted by molar-refractivity contribution is 7.80. The van der Waals surface area contributed by atoms with Crippen molar-refractivity contribution in [1.29, 1.82) is 0 Å². The van der Waals surface area contributed by atoms with Crippen molar-refractivity contribution in [2.45, 2.75) is 13.5 Å². The van der Waals surface area contributed by atoms with Gasteiger partial charge >= 0.3 is 0 Å². The van der Waals surface area contributed by atoms with Gasteiger partial charge in [0.1, 0.15) is 4.99 Å². The molecule has 4 heteroatoms. The van der Waals surface area contributed by atoms with Crippen molar-refractivity contribution >= 4 is 17.2 Å². The molecule has 0 spiro atoms. The first-order chi connectivity index (χ1) is 8.58. The van der Waals surface area contributed by atoms with Crippen LogP contribution in [0.4, 0.5) is 0 Å². The number of thiocarbonyl (C=S) groups is 1. The number of aryl methyl sites for hydroxylation is 1. The molecule has 3 nitrogen and oxygen atoms in total. The first-order valence-corrected chi connectivity index (χ1v) is 6.03. The van der Waals surface area contributed by atoms with E-state index in [2.05, 4.69) is 0 Å². The summed E-state index contributed by atoms with van der Waals surface area (Å²) in [6, 6.07) is 11.1. The van der Waals surface area contributed by atoms with Crippen LogP contribution in [0.5, 0.6) is 0 Å². The molecule has 0 aliphatic heterocycles. The lowest BCUT2D eigenvalue weighted by atomic mass is 10.1. The number of benzene rings is 1. The molecule has 2 aromatic rings. The van der Waals surface area contributed by atoms with Gasteiger partial charge in [-0.2, -0.15) is 0 Å². The summed E-state index contributed by atoms with van der Waals surface area (Å²) in [5.74, 6) is 0. The molecule has 0 saturated heterocycles. The fraction of sp³-hybridized carbons (Fsp3) is 0.143. The van der Waals surface area contributed by atoms with E-state index >= 15 is 0 Å². The summed E-state index contributed by atoms with van der Waals surface area (Å²) in [7, 11) is 0. The Hall–Kier alpha value is -1.94. The van der Waals surface area contributed by atoms with Crippen molar-refractivity contribution in [3.63, 3.8) is 0 Å². The molecule has 0 unspecified atom stereocenters. The van der Waals surface area contributed by atoms with Crippen LogP contribution in [-0.4, -0.2) is 9.56 Å². The largest absolute Gasteiger partial charge is 0.389 e. The molecule has 1 heterocycles. The van der Waals surface area contributed by atoms with E-state index in [1.807, 2.05) is 37.3 Å². The SMILES string of the molecule is Cc1ccn(Cc2ccccc2C(N)=S)c(=O)c1. The zero-order valence-electron chi connectivity index (χ0n) is 10.1. The van der Waals surface area contributed by atoms with Gasteiger partial charge in [-0.25, -0.2) is 0 Å². The van der Waals surface area contributed by atoms with Gasteiger partial charge in [0.05, 0.1) is 6.54 Å². The highest BCUT2D eigenvalue weighted by Crippen LogP contribution is 2.09. The Kier molecular flexibility index (Phi) is 3.58. The minimum absolute atomic E-state index is 0.0206. The van der Waals surface area contributed by atoms with Gasteiger partial charge in [0.25, 0.3) is 5.56 Å². The smallest absolute Gasteiger partial charge is 0.251 e. The van der Waals surface area contributed by atoms with Crippen molar-refractivity contribution in [2.75, 3.05) is 0 Å². The maximum atomic E-state index is 11.8. The van der Waals surface area contributed by atoms with Crippen LogP contribution in [0, 0.1) is 6.92 Å². The average molecular weight is 258 g/mol. The van der Waals surface area contributed by atoms with Gasteiger partial charge in [0.2, 0.25) is 0 Å². The summed E-state index contributed by atoms with van der Waals surface area (Å²) in [6.07, 6.45) is 1.79. The van der Waals surface area contributed by atoms with Gasteiger partial charge in [-0.3, -0.25) is 4.79 Å². The number of nitrogens with two attached hydrogens (primary N) is 1. The predicted octanol–water partition coefficient (Wildman–Crippen LogP) is 1.84. The second-order valence-electron chi connectivity index (χ2n) is 4.19. The monoisotopic (exact) mass is 258 g/mol. The summed E-state index contributed by atoms with van der Waals surface area (Å²) < 4.78 is 1.64. The van der Waals surface area contributed by atoms with E-state index in [9.17, 15) is 4.79 Å². The van der Waals surface area contributed by atoms with Crippen LogP contribution in [0.2, 0.25) is 0 Å². The van der Waals surface area contributed by atoms with E-state index < -0.39 is 0 Å². The molecule has 0 atom stereocenters. The summed E-state index contributed by atoms with van der Waals surface area (Å²) in [5.41, 5.74) is 8.39. The fourth-order valence-electron chi connectivity index (χ4n) is 1.82. The van der Waals surface area contributed by atoms with E-state index in [4.69, 9.17) is 18.0 Å². The number of rotatable bonds is 3. The van der Waals surface area contributed by atoms with Gasteiger partial charge in [0.15, 0.2) is 0 Å². The van der Waals surface area contributed by atoms with Gasteiger partial charge in [0, 0.05) is 17.8 Å². The standard InChI is InChI=1S/C14H14N2OS/c1-10-6-7-16(13(17)8-10)9-11-4-2-3-5-12(11)14(15)18/h2-8H,9H2,1H3,(H2,15,18). The van der Waals surface area contributed by atoms with E-state index in [1.165, 1.54) is 0 Å². The lowest BCUT2D eigenvalue weighted by molar-refractivity contribution is 0.756. The Morgan fingerprint density at radius 3 is 2.72 bits per heavy atom. The van der Waals surface area contributed by atoms with Crippen molar-refractivity contribution in [2.24, 2.45) is 5.73 Å².